The quantitative estimate of drug-likeness (QED) is 0.496. The molecule has 1 saturated heterocycles. The number of aryl methyl sites for hydroxylation is 1. The average Bonchev–Trinajstić information content (AvgIpc) is 3.23. The van der Waals surface area contributed by atoms with E-state index >= 15 is 0 Å². The first-order chi connectivity index (χ1) is 13.5. The highest BCUT2D eigenvalue weighted by molar-refractivity contribution is 7.17. The molecule has 28 heavy (non-hydrogen) atoms. The normalized spacial score (nSPS) is 17.2. The van der Waals surface area contributed by atoms with Crippen LogP contribution in [0, 0.1) is 10.1 Å². The van der Waals surface area contributed by atoms with Crippen LogP contribution in [0.15, 0.2) is 24.3 Å². The van der Waals surface area contributed by atoms with Crippen LogP contribution in [0.25, 0.3) is 4.96 Å². The lowest BCUT2D eigenvalue weighted by Crippen LogP contribution is -2.38. The Morgan fingerprint density at radius 1 is 1.32 bits per heavy atom. The second kappa shape index (κ2) is 7.46. The number of hydrogen-bond donors (Lipinski definition) is 2. The molecule has 0 saturated carbocycles. The fourth-order valence-electron chi connectivity index (χ4n) is 3.57. The summed E-state index contributed by atoms with van der Waals surface area (Å²) in [7, 11) is 0. The van der Waals surface area contributed by atoms with Gasteiger partial charge in [0.2, 0.25) is 10.8 Å². The van der Waals surface area contributed by atoms with Crippen LogP contribution in [0.2, 0.25) is 0 Å². The molecule has 1 aromatic carbocycles. The number of rotatable bonds is 5. The van der Waals surface area contributed by atoms with Gasteiger partial charge >= 0.3 is 0 Å². The Balaban J connectivity index is 1.77. The third-order valence-electron chi connectivity index (χ3n) is 5.09. The van der Waals surface area contributed by atoms with E-state index in [1.165, 1.54) is 28.0 Å². The van der Waals surface area contributed by atoms with E-state index in [1.54, 1.807) is 12.1 Å². The minimum absolute atomic E-state index is 0.0241. The number of fused-ring (bicyclic) bond motifs is 1. The maximum Gasteiger partial charge on any atom is 0.269 e. The number of likely N-dealkylation sites (tertiary alicyclic amines) is 1. The number of aromatic hydroxyl groups is 1. The zero-order valence-electron chi connectivity index (χ0n) is 15.4. The molecule has 0 bridgehead atoms. The summed E-state index contributed by atoms with van der Waals surface area (Å²) in [6, 6.07) is 6.11. The van der Waals surface area contributed by atoms with Gasteiger partial charge in [-0.1, -0.05) is 30.4 Å². The van der Waals surface area contributed by atoms with Crippen molar-refractivity contribution in [2.75, 3.05) is 13.1 Å². The highest BCUT2D eigenvalue weighted by Crippen LogP contribution is 2.41. The van der Waals surface area contributed by atoms with Crippen molar-refractivity contribution in [1.29, 1.82) is 0 Å². The van der Waals surface area contributed by atoms with E-state index in [4.69, 9.17) is 0 Å². The first kappa shape index (κ1) is 18.8. The van der Waals surface area contributed by atoms with Gasteiger partial charge in [0.05, 0.1) is 21.9 Å². The van der Waals surface area contributed by atoms with Gasteiger partial charge in [-0.25, -0.2) is 4.98 Å². The molecule has 2 N–H and O–H groups in total. The Kier molecular flexibility index (Phi) is 5.00. The Bertz CT molecular complexity index is 991. The maximum absolute atomic E-state index is 11.0. The number of nitrogens with zero attached hydrogens (tertiary/aromatic N) is 5. The molecule has 0 spiro atoms. The standard InChI is InChI=1S/C18H21N5O4S/c1-2-14-19-18-22(20-14)17(25)16(28-18)15(21-9-7-13(24)8-10-21)11-3-5-12(6-4-11)23(26)27/h3-6,13,15,24-25H,2,7-10H2,1H3. The van der Waals surface area contributed by atoms with E-state index in [1.807, 2.05) is 6.92 Å². The summed E-state index contributed by atoms with van der Waals surface area (Å²) in [5, 5.41) is 36.0. The summed E-state index contributed by atoms with van der Waals surface area (Å²) in [6.45, 7) is 3.28. The summed E-state index contributed by atoms with van der Waals surface area (Å²) < 4.78 is 1.45. The van der Waals surface area contributed by atoms with Crippen LogP contribution in [0.3, 0.4) is 0 Å². The Labute approximate surface area is 165 Å². The molecular formula is C18H21N5O4S. The van der Waals surface area contributed by atoms with Gasteiger partial charge in [0.15, 0.2) is 5.82 Å². The summed E-state index contributed by atoms with van der Waals surface area (Å²) in [5.41, 5.74) is 0.869. The van der Waals surface area contributed by atoms with E-state index in [9.17, 15) is 20.3 Å². The fourth-order valence-corrected chi connectivity index (χ4v) is 4.70. The number of benzene rings is 1. The zero-order valence-corrected chi connectivity index (χ0v) is 16.2. The number of hydrogen-bond acceptors (Lipinski definition) is 8. The molecule has 1 atom stereocenters. The van der Waals surface area contributed by atoms with Crippen LogP contribution >= 0.6 is 11.3 Å². The van der Waals surface area contributed by atoms with Gasteiger partial charge in [0.1, 0.15) is 0 Å². The highest BCUT2D eigenvalue weighted by atomic mass is 32.1. The third kappa shape index (κ3) is 3.34. The van der Waals surface area contributed by atoms with E-state index in [0.29, 0.717) is 48.0 Å². The third-order valence-corrected chi connectivity index (χ3v) is 6.16. The van der Waals surface area contributed by atoms with Crippen LogP contribution in [-0.4, -0.2) is 53.8 Å². The molecule has 10 heteroatoms. The predicted molar refractivity (Wildman–Crippen MR) is 104 cm³/mol. The number of aliphatic hydroxyl groups excluding tert-OH is 1. The second-order valence-electron chi connectivity index (χ2n) is 6.88. The number of thiazole rings is 1. The van der Waals surface area contributed by atoms with Crippen LogP contribution in [0.4, 0.5) is 5.69 Å². The molecule has 1 aliphatic heterocycles. The van der Waals surface area contributed by atoms with Crippen molar-refractivity contribution in [2.24, 2.45) is 0 Å². The van der Waals surface area contributed by atoms with Crippen LogP contribution in [0.1, 0.15) is 42.1 Å². The zero-order chi connectivity index (χ0) is 19.8. The van der Waals surface area contributed by atoms with Crippen molar-refractivity contribution in [3.63, 3.8) is 0 Å². The summed E-state index contributed by atoms with van der Waals surface area (Å²) in [5.74, 6) is 0.711. The van der Waals surface area contributed by atoms with E-state index in [-0.39, 0.29) is 23.7 Å². The van der Waals surface area contributed by atoms with Crippen molar-refractivity contribution < 1.29 is 15.1 Å². The summed E-state index contributed by atoms with van der Waals surface area (Å²) >= 11 is 1.37. The lowest BCUT2D eigenvalue weighted by Gasteiger charge is -2.35. The monoisotopic (exact) mass is 403 g/mol. The molecule has 0 aliphatic carbocycles. The number of nitro benzene ring substituents is 1. The van der Waals surface area contributed by atoms with Crippen LogP contribution in [0.5, 0.6) is 5.88 Å². The number of non-ortho nitro benzene ring substituents is 1. The predicted octanol–water partition coefficient (Wildman–Crippen LogP) is 2.51. The Morgan fingerprint density at radius 3 is 2.57 bits per heavy atom. The molecule has 4 rings (SSSR count). The van der Waals surface area contributed by atoms with E-state index in [2.05, 4.69) is 15.0 Å². The van der Waals surface area contributed by atoms with Gasteiger partial charge in [-0.15, -0.1) is 5.10 Å². The largest absolute Gasteiger partial charge is 0.492 e. The number of aromatic nitrogens is 3. The number of piperidine rings is 1. The van der Waals surface area contributed by atoms with Crippen molar-refractivity contribution >= 4 is 22.0 Å². The molecule has 1 aliphatic rings. The topological polar surface area (TPSA) is 117 Å². The minimum atomic E-state index is -0.428. The second-order valence-corrected chi connectivity index (χ2v) is 7.89. The Morgan fingerprint density at radius 2 is 2.00 bits per heavy atom. The van der Waals surface area contributed by atoms with Gasteiger partial charge in [-0.2, -0.15) is 4.52 Å². The minimum Gasteiger partial charge on any atom is -0.492 e. The average molecular weight is 403 g/mol. The first-order valence-corrected chi connectivity index (χ1v) is 10.0. The molecule has 0 amide bonds. The molecule has 148 valence electrons. The van der Waals surface area contributed by atoms with Crippen LogP contribution in [-0.2, 0) is 6.42 Å². The highest BCUT2D eigenvalue weighted by Gasteiger charge is 2.32. The summed E-state index contributed by atoms with van der Waals surface area (Å²) in [4.78, 5) is 18.5. The van der Waals surface area contributed by atoms with Gasteiger partial charge in [-0.3, -0.25) is 15.0 Å². The summed E-state index contributed by atoms with van der Waals surface area (Å²) in [6.07, 6.45) is 1.64. The van der Waals surface area contributed by atoms with Gasteiger partial charge in [0.25, 0.3) is 5.69 Å². The first-order valence-electron chi connectivity index (χ1n) is 9.21. The molecule has 3 heterocycles. The maximum atomic E-state index is 11.0. The van der Waals surface area contributed by atoms with Crippen molar-refractivity contribution in [3.8, 4) is 5.88 Å². The molecule has 1 unspecified atom stereocenters. The van der Waals surface area contributed by atoms with Crippen molar-refractivity contribution in [2.45, 2.75) is 38.3 Å². The van der Waals surface area contributed by atoms with Crippen LogP contribution < -0.4 is 0 Å². The van der Waals surface area contributed by atoms with Crippen molar-refractivity contribution in [1.82, 2.24) is 19.5 Å². The van der Waals surface area contributed by atoms with Gasteiger partial charge in [-0.05, 0) is 18.4 Å². The lowest BCUT2D eigenvalue weighted by atomic mass is 9.99. The number of aliphatic hydroxyl groups is 1. The molecule has 1 fully saturated rings. The van der Waals surface area contributed by atoms with Gasteiger partial charge < -0.3 is 10.2 Å². The Hall–Kier alpha value is -2.56. The molecule has 9 nitrogen and oxygen atoms in total. The molecule has 2 aromatic heterocycles. The number of nitro groups is 1. The van der Waals surface area contributed by atoms with Gasteiger partial charge in [0, 0.05) is 31.6 Å². The molecule has 3 aromatic rings. The lowest BCUT2D eigenvalue weighted by molar-refractivity contribution is -0.384. The van der Waals surface area contributed by atoms with Crippen molar-refractivity contribution in [3.05, 3.63) is 50.6 Å². The SMILES string of the molecule is CCc1nc2sc(C(c3ccc([N+](=O)[O-])cc3)N3CCC(O)CC3)c(O)n2n1. The van der Waals surface area contributed by atoms with E-state index < -0.39 is 4.92 Å². The molecule has 0 radical (unpaired) electrons. The molecular weight excluding hydrogens is 382 g/mol. The fraction of sp³-hybridized carbons (Fsp3) is 0.444. The smallest absolute Gasteiger partial charge is 0.269 e. The van der Waals surface area contributed by atoms with E-state index in [0.717, 1.165) is 5.56 Å².